The molecule has 3 aromatic rings. The van der Waals surface area contributed by atoms with E-state index in [1.807, 2.05) is 0 Å². The summed E-state index contributed by atoms with van der Waals surface area (Å²) in [4.78, 5) is 25.2. The molecule has 1 aromatic carbocycles. The molecule has 0 aliphatic carbocycles. The predicted octanol–water partition coefficient (Wildman–Crippen LogP) is 0.621. The van der Waals surface area contributed by atoms with Crippen molar-refractivity contribution in [1.82, 2.24) is 9.55 Å². The summed E-state index contributed by atoms with van der Waals surface area (Å²) in [6.45, 7) is 0. The number of sulfonamides is 1. The van der Waals surface area contributed by atoms with Gasteiger partial charge in [0, 0.05) is 19.3 Å². The molecule has 114 valence electrons. The van der Waals surface area contributed by atoms with Crippen LogP contribution in [0, 0.1) is 0 Å². The first-order chi connectivity index (χ1) is 10.4. The summed E-state index contributed by atoms with van der Waals surface area (Å²) in [5.74, 6) is -0.586. The first kappa shape index (κ1) is 14.1. The number of hydrogen-bond acceptors (Lipinski definition) is 5. The SMILES string of the molecule is Cn1c(=O)oc2cc(S(=O)(=O)Nc3ccc[nH]c3=O)ccc21. The molecule has 9 heteroatoms. The largest absolute Gasteiger partial charge is 0.419 e. The average Bonchev–Trinajstić information content (AvgIpc) is 2.76. The van der Waals surface area contributed by atoms with Gasteiger partial charge in [0.1, 0.15) is 5.69 Å². The lowest BCUT2D eigenvalue weighted by atomic mass is 10.3. The molecule has 0 aliphatic heterocycles. The highest BCUT2D eigenvalue weighted by Gasteiger charge is 2.18. The molecular weight excluding hydrogens is 310 g/mol. The molecule has 0 amide bonds. The zero-order valence-corrected chi connectivity index (χ0v) is 12.2. The molecule has 0 fully saturated rings. The maximum Gasteiger partial charge on any atom is 0.419 e. The van der Waals surface area contributed by atoms with Crippen molar-refractivity contribution in [3.05, 3.63) is 57.4 Å². The van der Waals surface area contributed by atoms with Crippen LogP contribution in [0.5, 0.6) is 0 Å². The number of benzene rings is 1. The summed E-state index contributed by atoms with van der Waals surface area (Å²) < 4.78 is 33.0. The van der Waals surface area contributed by atoms with E-state index in [0.717, 1.165) is 0 Å². The molecular formula is C13H11N3O5S. The van der Waals surface area contributed by atoms with E-state index in [0.29, 0.717) is 5.52 Å². The molecule has 0 radical (unpaired) electrons. The molecule has 22 heavy (non-hydrogen) atoms. The van der Waals surface area contributed by atoms with Gasteiger partial charge >= 0.3 is 5.76 Å². The number of aromatic nitrogens is 2. The van der Waals surface area contributed by atoms with Crippen molar-refractivity contribution in [3.8, 4) is 0 Å². The molecule has 0 bridgehead atoms. The minimum absolute atomic E-state index is 0.0999. The number of pyridine rings is 1. The zero-order chi connectivity index (χ0) is 15.9. The molecule has 0 saturated carbocycles. The first-order valence-corrected chi connectivity index (χ1v) is 7.67. The van der Waals surface area contributed by atoms with Crippen LogP contribution >= 0.6 is 0 Å². The summed E-state index contributed by atoms with van der Waals surface area (Å²) in [6, 6.07) is 6.87. The lowest BCUT2D eigenvalue weighted by molar-refractivity contribution is 0.527. The summed E-state index contributed by atoms with van der Waals surface area (Å²) in [6.07, 6.45) is 1.39. The molecule has 2 heterocycles. The smallest absolute Gasteiger partial charge is 0.408 e. The Labute approximate surface area is 124 Å². The maximum absolute atomic E-state index is 12.3. The third kappa shape index (κ3) is 2.31. The van der Waals surface area contributed by atoms with E-state index in [-0.39, 0.29) is 16.2 Å². The van der Waals surface area contributed by atoms with Crippen LogP contribution in [0.1, 0.15) is 0 Å². The van der Waals surface area contributed by atoms with Gasteiger partial charge in [-0.15, -0.1) is 0 Å². The van der Waals surface area contributed by atoms with Crippen molar-refractivity contribution in [2.24, 2.45) is 7.05 Å². The van der Waals surface area contributed by atoms with Gasteiger partial charge in [-0.05, 0) is 24.3 Å². The second kappa shape index (κ2) is 4.88. The van der Waals surface area contributed by atoms with Gasteiger partial charge in [0.25, 0.3) is 15.6 Å². The average molecular weight is 321 g/mol. The van der Waals surface area contributed by atoms with Gasteiger partial charge < -0.3 is 9.40 Å². The molecule has 0 aliphatic rings. The number of nitrogens with one attached hydrogen (secondary N) is 2. The molecule has 2 aromatic heterocycles. The fraction of sp³-hybridized carbons (Fsp3) is 0.0769. The Kier molecular flexibility index (Phi) is 3.14. The zero-order valence-electron chi connectivity index (χ0n) is 11.4. The van der Waals surface area contributed by atoms with E-state index in [2.05, 4.69) is 9.71 Å². The van der Waals surface area contributed by atoms with Crippen molar-refractivity contribution in [2.75, 3.05) is 4.72 Å². The Hall–Kier alpha value is -2.81. The number of hydrogen-bond donors (Lipinski definition) is 2. The topological polar surface area (TPSA) is 114 Å². The van der Waals surface area contributed by atoms with Crippen molar-refractivity contribution in [3.63, 3.8) is 0 Å². The highest BCUT2D eigenvalue weighted by molar-refractivity contribution is 7.92. The first-order valence-electron chi connectivity index (χ1n) is 6.18. The second-order valence-electron chi connectivity index (χ2n) is 4.57. The third-order valence-electron chi connectivity index (χ3n) is 3.14. The Morgan fingerprint density at radius 1 is 1.23 bits per heavy atom. The fourth-order valence-electron chi connectivity index (χ4n) is 1.99. The number of anilines is 1. The number of nitrogens with zero attached hydrogens (tertiary/aromatic N) is 1. The van der Waals surface area contributed by atoms with Crippen LogP contribution in [0.4, 0.5) is 5.69 Å². The number of rotatable bonds is 3. The number of fused-ring (bicyclic) bond motifs is 1. The van der Waals surface area contributed by atoms with Crippen LogP contribution in [0.15, 0.2) is 55.4 Å². The number of aromatic amines is 1. The van der Waals surface area contributed by atoms with Crippen molar-refractivity contribution >= 4 is 26.8 Å². The van der Waals surface area contributed by atoms with E-state index in [1.54, 1.807) is 0 Å². The summed E-state index contributed by atoms with van der Waals surface area (Å²) in [5.41, 5.74) is -0.0330. The van der Waals surface area contributed by atoms with E-state index >= 15 is 0 Å². The molecule has 2 N–H and O–H groups in total. The Balaban J connectivity index is 2.08. The van der Waals surface area contributed by atoms with Gasteiger partial charge in [0.15, 0.2) is 5.58 Å². The van der Waals surface area contributed by atoms with Crippen molar-refractivity contribution in [2.45, 2.75) is 4.90 Å². The van der Waals surface area contributed by atoms with E-state index < -0.39 is 21.3 Å². The van der Waals surface area contributed by atoms with Gasteiger partial charge in [-0.1, -0.05) is 0 Å². The van der Waals surface area contributed by atoms with Gasteiger partial charge in [-0.25, -0.2) is 13.2 Å². The van der Waals surface area contributed by atoms with Crippen molar-refractivity contribution < 1.29 is 12.8 Å². The highest BCUT2D eigenvalue weighted by atomic mass is 32.2. The molecule has 0 atom stereocenters. The van der Waals surface area contributed by atoms with Gasteiger partial charge in [-0.2, -0.15) is 0 Å². The quantitative estimate of drug-likeness (QED) is 0.734. The van der Waals surface area contributed by atoms with Gasteiger partial charge in [-0.3, -0.25) is 14.1 Å². The van der Waals surface area contributed by atoms with Crippen LogP contribution < -0.4 is 16.0 Å². The Morgan fingerprint density at radius 2 is 2.00 bits per heavy atom. The van der Waals surface area contributed by atoms with Crippen LogP contribution in [0.25, 0.3) is 11.1 Å². The van der Waals surface area contributed by atoms with Crippen molar-refractivity contribution in [1.29, 1.82) is 0 Å². The second-order valence-corrected chi connectivity index (χ2v) is 6.26. The molecule has 0 spiro atoms. The normalized spacial score (nSPS) is 11.7. The molecule has 3 rings (SSSR count). The summed E-state index contributed by atoms with van der Waals surface area (Å²) >= 11 is 0. The standard InChI is InChI=1S/C13H11N3O5S/c1-16-10-5-4-8(7-11(10)21-13(16)18)22(19,20)15-9-3-2-6-14-12(9)17/h2-7,15H,1H3,(H,14,17). The minimum atomic E-state index is -3.97. The molecule has 0 saturated heterocycles. The van der Waals surface area contributed by atoms with Crippen LogP contribution in [0.2, 0.25) is 0 Å². The highest BCUT2D eigenvalue weighted by Crippen LogP contribution is 2.19. The van der Waals surface area contributed by atoms with E-state index in [1.165, 1.54) is 48.1 Å². The Morgan fingerprint density at radius 3 is 2.73 bits per heavy atom. The Bertz CT molecular complexity index is 1070. The predicted molar refractivity (Wildman–Crippen MR) is 79.3 cm³/mol. The molecule has 8 nitrogen and oxygen atoms in total. The number of oxazole rings is 1. The van der Waals surface area contributed by atoms with E-state index in [4.69, 9.17) is 4.42 Å². The van der Waals surface area contributed by atoms with Crippen LogP contribution in [-0.2, 0) is 17.1 Å². The lowest BCUT2D eigenvalue weighted by Crippen LogP contribution is -2.19. The minimum Gasteiger partial charge on any atom is -0.408 e. The maximum atomic E-state index is 12.3. The van der Waals surface area contributed by atoms with Gasteiger partial charge in [0.2, 0.25) is 0 Å². The monoisotopic (exact) mass is 321 g/mol. The fourth-order valence-corrected chi connectivity index (χ4v) is 3.06. The van der Waals surface area contributed by atoms with Crippen LogP contribution in [0.3, 0.4) is 0 Å². The molecule has 0 unspecified atom stereocenters. The third-order valence-corrected chi connectivity index (χ3v) is 4.50. The van der Waals surface area contributed by atoms with E-state index in [9.17, 15) is 18.0 Å². The number of H-pyrrole nitrogens is 1. The number of aryl methyl sites for hydroxylation is 1. The summed E-state index contributed by atoms with van der Waals surface area (Å²) in [5, 5.41) is 0. The summed E-state index contributed by atoms with van der Waals surface area (Å²) in [7, 11) is -2.45. The lowest BCUT2D eigenvalue weighted by Gasteiger charge is -2.06. The van der Waals surface area contributed by atoms with Gasteiger partial charge in [0.05, 0.1) is 10.4 Å². The van der Waals surface area contributed by atoms with Crippen LogP contribution in [-0.4, -0.2) is 18.0 Å².